The van der Waals surface area contributed by atoms with Crippen molar-refractivity contribution in [1.82, 2.24) is 10.6 Å². The number of aliphatic carboxylic acids is 1. The number of amides is 2. The molecule has 3 atom stereocenters. The molecule has 7 nitrogen and oxygen atoms in total. The van der Waals surface area contributed by atoms with Gasteiger partial charge >= 0.3 is 12.1 Å². The monoisotopic (exact) mass is 450 g/mol. The summed E-state index contributed by atoms with van der Waals surface area (Å²) < 4.78 is 5.64. The van der Waals surface area contributed by atoms with Crippen LogP contribution in [0.25, 0.3) is 11.1 Å². The van der Waals surface area contributed by atoms with Gasteiger partial charge < -0.3 is 20.5 Å². The molecule has 1 unspecified atom stereocenters. The third-order valence-corrected chi connectivity index (χ3v) is 6.75. The topological polar surface area (TPSA) is 105 Å². The van der Waals surface area contributed by atoms with E-state index >= 15 is 0 Å². The Morgan fingerprint density at radius 2 is 1.61 bits per heavy atom. The maximum atomic E-state index is 12.7. The first-order valence-electron chi connectivity index (χ1n) is 11.6. The molecular formula is C26H30N2O5. The average molecular weight is 451 g/mol. The van der Waals surface area contributed by atoms with Crippen LogP contribution in [0.3, 0.4) is 0 Å². The number of ether oxygens (including phenoxy) is 1. The molecule has 0 aromatic heterocycles. The number of hydrogen-bond acceptors (Lipinski definition) is 4. The van der Waals surface area contributed by atoms with E-state index in [1.54, 1.807) is 6.92 Å². The summed E-state index contributed by atoms with van der Waals surface area (Å²) in [7, 11) is 0. The molecule has 33 heavy (non-hydrogen) atoms. The van der Waals surface area contributed by atoms with E-state index in [9.17, 15) is 14.4 Å². The molecule has 0 heterocycles. The zero-order chi connectivity index (χ0) is 23.4. The maximum Gasteiger partial charge on any atom is 0.407 e. The van der Waals surface area contributed by atoms with Gasteiger partial charge in [-0.3, -0.25) is 9.59 Å². The summed E-state index contributed by atoms with van der Waals surface area (Å²) in [6.07, 6.45) is 2.64. The van der Waals surface area contributed by atoms with E-state index in [-0.39, 0.29) is 36.9 Å². The minimum atomic E-state index is -0.952. The van der Waals surface area contributed by atoms with E-state index in [2.05, 4.69) is 34.9 Å². The van der Waals surface area contributed by atoms with Crippen LogP contribution in [0.1, 0.15) is 49.7 Å². The van der Waals surface area contributed by atoms with Gasteiger partial charge in [0.05, 0.1) is 11.8 Å². The first kappa shape index (κ1) is 22.8. The van der Waals surface area contributed by atoms with Crippen LogP contribution in [0.4, 0.5) is 4.79 Å². The molecule has 3 N–H and O–H groups in total. The van der Waals surface area contributed by atoms with Crippen LogP contribution < -0.4 is 10.6 Å². The average Bonchev–Trinajstić information content (AvgIpc) is 3.15. The van der Waals surface area contributed by atoms with Gasteiger partial charge in [0.25, 0.3) is 0 Å². The molecule has 1 fully saturated rings. The van der Waals surface area contributed by atoms with E-state index in [1.165, 1.54) is 11.1 Å². The van der Waals surface area contributed by atoms with Crippen molar-refractivity contribution in [2.45, 2.75) is 44.6 Å². The van der Waals surface area contributed by atoms with Crippen LogP contribution in [0, 0.1) is 11.8 Å². The molecule has 2 aliphatic rings. The molecule has 4 rings (SSSR count). The predicted molar refractivity (Wildman–Crippen MR) is 124 cm³/mol. The molecule has 174 valence electrons. The summed E-state index contributed by atoms with van der Waals surface area (Å²) in [5.41, 5.74) is 4.63. The molecule has 0 bridgehead atoms. The van der Waals surface area contributed by atoms with Gasteiger partial charge in [0.15, 0.2) is 0 Å². The molecule has 2 aliphatic carbocycles. The fourth-order valence-corrected chi connectivity index (χ4v) is 4.88. The largest absolute Gasteiger partial charge is 0.481 e. The van der Waals surface area contributed by atoms with Crippen molar-refractivity contribution in [3.8, 4) is 11.1 Å². The molecular weight excluding hydrogens is 420 g/mol. The van der Waals surface area contributed by atoms with E-state index in [0.717, 1.165) is 24.0 Å². The molecule has 0 radical (unpaired) electrons. The minimum Gasteiger partial charge on any atom is -0.481 e. The van der Waals surface area contributed by atoms with Crippen LogP contribution in [-0.2, 0) is 14.3 Å². The zero-order valence-electron chi connectivity index (χ0n) is 18.8. The number of alkyl carbamates (subject to hydrolysis) is 1. The number of hydrogen-bond donors (Lipinski definition) is 3. The van der Waals surface area contributed by atoms with Crippen molar-refractivity contribution in [3.05, 3.63) is 59.7 Å². The summed E-state index contributed by atoms with van der Waals surface area (Å²) in [5.74, 6) is -2.24. The Morgan fingerprint density at radius 1 is 1.00 bits per heavy atom. The molecule has 1 saturated carbocycles. The normalized spacial score (nSPS) is 20.3. The summed E-state index contributed by atoms with van der Waals surface area (Å²) >= 11 is 0. The molecule has 2 amide bonds. The molecule has 2 aromatic carbocycles. The van der Waals surface area contributed by atoms with Gasteiger partial charge in [0.2, 0.25) is 5.91 Å². The third kappa shape index (κ3) is 5.02. The van der Waals surface area contributed by atoms with E-state index in [0.29, 0.717) is 12.8 Å². The molecule has 7 heteroatoms. The maximum absolute atomic E-state index is 12.7. The van der Waals surface area contributed by atoms with Gasteiger partial charge in [0.1, 0.15) is 6.61 Å². The zero-order valence-corrected chi connectivity index (χ0v) is 18.8. The van der Waals surface area contributed by atoms with Gasteiger partial charge in [-0.25, -0.2) is 4.79 Å². The number of carboxylic acid groups (broad SMARTS) is 1. The highest BCUT2D eigenvalue weighted by atomic mass is 16.5. The molecule has 0 spiro atoms. The lowest BCUT2D eigenvalue weighted by molar-refractivity contribution is -0.141. The van der Waals surface area contributed by atoms with Gasteiger partial charge in [-0.1, -0.05) is 68.3 Å². The second kappa shape index (κ2) is 10.1. The SMILES string of the molecule is CC(CNC(=O)[C@H]1CCCC[C@H]1NC(=O)OCC1c2ccccc2-c2ccccc21)C(=O)O. The lowest BCUT2D eigenvalue weighted by atomic mass is 9.84. The Kier molecular flexibility index (Phi) is 6.96. The highest BCUT2D eigenvalue weighted by Crippen LogP contribution is 2.44. The summed E-state index contributed by atoms with van der Waals surface area (Å²) in [6.45, 7) is 1.85. The fraction of sp³-hybridized carbons (Fsp3) is 0.423. The molecule has 2 aromatic rings. The second-order valence-corrected chi connectivity index (χ2v) is 8.95. The smallest absolute Gasteiger partial charge is 0.407 e. The number of carbonyl (C=O) groups is 3. The Balaban J connectivity index is 1.36. The van der Waals surface area contributed by atoms with Crippen LogP contribution in [0.2, 0.25) is 0 Å². The first-order chi connectivity index (χ1) is 16.0. The predicted octanol–water partition coefficient (Wildman–Crippen LogP) is 3.92. The Hall–Kier alpha value is -3.35. The Bertz CT molecular complexity index is 991. The highest BCUT2D eigenvalue weighted by molar-refractivity contribution is 5.81. The molecule has 0 aliphatic heterocycles. The lowest BCUT2D eigenvalue weighted by Gasteiger charge is -2.31. The van der Waals surface area contributed by atoms with Crippen LogP contribution >= 0.6 is 0 Å². The van der Waals surface area contributed by atoms with E-state index in [1.807, 2.05) is 24.3 Å². The van der Waals surface area contributed by atoms with Crippen LogP contribution in [0.15, 0.2) is 48.5 Å². The summed E-state index contributed by atoms with van der Waals surface area (Å²) in [5, 5.41) is 14.6. The van der Waals surface area contributed by atoms with Crippen molar-refractivity contribution in [3.63, 3.8) is 0 Å². The first-order valence-corrected chi connectivity index (χ1v) is 11.6. The van der Waals surface area contributed by atoms with E-state index < -0.39 is 18.0 Å². The van der Waals surface area contributed by atoms with Gasteiger partial charge in [0, 0.05) is 18.5 Å². The van der Waals surface area contributed by atoms with Crippen LogP contribution in [-0.4, -0.2) is 42.3 Å². The fourth-order valence-electron chi connectivity index (χ4n) is 4.88. The van der Waals surface area contributed by atoms with Crippen molar-refractivity contribution < 1.29 is 24.2 Å². The highest BCUT2D eigenvalue weighted by Gasteiger charge is 2.34. The number of carbonyl (C=O) groups excluding carboxylic acids is 2. The quantitative estimate of drug-likeness (QED) is 0.593. The summed E-state index contributed by atoms with van der Waals surface area (Å²) in [6, 6.07) is 16.0. The van der Waals surface area contributed by atoms with Crippen LogP contribution in [0.5, 0.6) is 0 Å². The molecule has 0 saturated heterocycles. The van der Waals surface area contributed by atoms with E-state index in [4.69, 9.17) is 9.84 Å². The number of nitrogens with one attached hydrogen (secondary N) is 2. The Morgan fingerprint density at radius 3 is 2.24 bits per heavy atom. The minimum absolute atomic E-state index is 0.0221. The standard InChI is InChI=1S/C26H30N2O5/c1-16(25(30)31)14-27-24(29)21-12-6-7-13-23(21)28-26(32)33-15-22-19-10-4-2-8-17(19)18-9-3-5-11-20(18)22/h2-5,8-11,16,21-23H,6-7,12-15H2,1H3,(H,27,29)(H,28,32)(H,30,31)/t16?,21-,23+/m0/s1. The summed E-state index contributed by atoms with van der Waals surface area (Å²) in [4.78, 5) is 36.3. The Labute approximate surface area is 193 Å². The van der Waals surface area contributed by atoms with Gasteiger partial charge in [-0.15, -0.1) is 0 Å². The van der Waals surface area contributed by atoms with Gasteiger partial charge in [-0.05, 0) is 35.1 Å². The second-order valence-electron chi connectivity index (χ2n) is 8.95. The number of rotatable bonds is 7. The third-order valence-electron chi connectivity index (χ3n) is 6.75. The number of benzene rings is 2. The van der Waals surface area contributed by atoms with Crippen molar-refractivity contribution >= 4 is 18.0 Å². The van der Waals surface area contributed by atoms with Crippen molar-refractivity contribution in [2.24, 2.45) is 11.8 Å². The van der Waals surface area contributed by atoms with Crippen molar-refractivity contribution in [1.29, 1.82) is 0 Å². The van der Waals surface area contributed by atoms with Crippen molar-refractivity contribution in [2.75, 3.05) is 13.2 Å². The number of fused-ring (bicyclic) bond motifs is 3. The van der Waals surface area contributed by atoms with Gasteiger partial charge in [-0.2, -0.15) is 0 Å². The lowest BCUT2D eigenvalue weighted by Crippen LogP contribution is -2.49. The number of carboxylic acids is 1.